The third-order valence-corrected chi connectivity index (χ3v) is 4.23. The average Bonchev–Trinajstić information content (AvgIpc) is 2.38. The molecule has 0 radical (unpaired) electrons. The normalized spacial score (nSPS) is 20.9. The summed E-state index contributed by atoms with van der Waals surface area (Å²) >= 11 is 0. The number of likely N-dealkylation sites (N-methyl/N-ethyl adjacent to an activating group) is 1. The summed E-state index contributed by atoms with van der Waals surface area (Å²) in [7, 11) is 4.38. The van der Waals surface area contributed by atoms with Crippen molar-refractivity contribution in [3.05, 3.63) is 29.8 Å². The first-order chi connectivity index (χ1) is 8.88. The molecule has 1 saturated heterocycles. The largest absolute Gasteiger partial charge is 0.370 e. The predicted octanol–water partition coefficient (Wildman–Crippen LogP) is 3.51. The Morgan fingerprint density at radius 1 is 1.11 bits per heavy atom. The monoisotopic (exact) mass is 260 g/mol. The molecule has 19 heavy (non-hydrogen) atoms. The Bertz CT molecular complexity index is 400. The molecule has 2 rings (SSSR count). The summed E-state index contributed by atoms with van der Waals surface area (Å²) in [5.41, 5.74) is 3.03. The summed E-state index contributed by atoms with van der Waals surface area (Å²) in [6.07, 6.45) is 2.62. The minimum atomic E-state index is 0.243. The molecule has 1 heterocycles. The summed E-state index contributed by atoms with van der Waals surface area (Å²) in [6, 6.07) is 9.84. The fraction of sp³-hybridized carbons (Fsp3) is 0.647. The maximum absolute atomic E-state index is 2.53. The van der Waals surface area contributed by atoms with Crippen molar-refractivity contribution in [1.82, 2.24) is 4.90 Å². The van der Waals surface area contributed by atoms with Gasteiger partial charge in [0.15, 0.2) is 0 Å². The van der Waals surface area contributed by atoms with Gasteiger partial charge >= 0.3 is 0 Å². The number of nitrogens with zero attached hydrogens (tertiary/aromatic N) is 2. The van der Waals surface area contributed by atoms with Crippen LogP contribution in [0.15, 0.2) is 24.3 Å². The molecule has 2 nitrogen and oxygen atoms in total. The van der Waals surface area contributed by atoms with Gasteiger partial charge in [0.25, 0.3) is 0 Å². The van der Waals surface area contributed by atoms with E-state index in [4.69, 9.17) is 0 Å². The molecule has 1 aromatic rings. The SMILES string of the molecule is CN(C)C1CCCN(c2ccc(C(C)(C)C)cc2)C1. The molecule has 1 aliphatic heterocycles. The zero-order valence-corrected chi connectivity index (χ0v) is 13.1. The van der Waals surface area contributed by atoms with Crippen LogP contribution in [-0.2, 0) is 5.41 Å². The molecule has 1 atom stereocenters. The smallest absolute Gasteiger partial charge is 0.0366 e. The van der Waals surface area contributed by atoms with E-state index < -0.39 is 0 Å². The van der Waals surface area contributed by atoms with Crippen LogP contribution in [-0.4, -0.2) is 38.1 Å². The first-order valence-electron chi connectivity index (χ1n) is 7.40. The van der Waals surface area contributed by atoms with Crippen LogP contribution in [0.3, 0.4) is 0 Å². The highest BCUT2D eigenvalue weighted by atomic mass is 15.2. The zero-order valence-electron chi connectivity index (χ0n) is 13.1. The lowest BCUT2D eigenvalue weighted by Gasteiger charge is -2.37. The Balaban J connectivity index is 2.10. The highest BCUT2D eigenvalue weighted by Gasteiger charge is 2.22. The molecule has 1 unspecified atom stereocenters. The minimum absolute atomic E-state index is 0.243. The van der Waals surface area contributed by atoms with Gasteiger partial charge in [-0.2, -0.15) is 0 Å². The molecule has 0 aromatic heterocycles. The standard InChI is InChI=1S/C17H28N2/c1-17(2,3)14-8-10-15(11-9-14)19-12-6-7-16(13-19)18(4)5/h8-11,16H,6-7,12-13H2,1-5H3. The molecular weight excluding hydrogens is 232 g/mol. The maximum Gasteiger partial charge on any atom is 0.0366 e. The van der Waals surface area contributed by atoms with Crippen molar-refractivity contribution in [2.45, 2.75) is 45.1 Å². The highest BCUT2D eigenvalue weighted by molar-refractivity contribution is 5.49. The van der Waals surface area contributed by atoms with Crippen molar-refractivity contribution in [2.24, 2.45) is 0 Å². The third kappa shape index (κ3) is 3.50. The second-order valence-corrected chi connectivity index (χ2v) is 7.00. The van der Waals surface area contributed by atoms with Gasteiger partial charge in [0.1, 0.15) is 0 Å². The van der Waals surface area contributed by atoms with E-state index >= 15 is 0 Å². The number of hydrogen-bond donors (Lipinski definition) is 0. The number of benzene rings is 1. The zero-order chi connectivity index (χ0) is 14.0. The summed E-state index contributed by atoms with van der Waals surface area (Å²) < 4.78 is 0. The fourth-order valence-electron chi connectivity index (χ4n) is 2.78. The van der Waals surface area contributed by atoms with Crippen LogP contribution in [0.25, 0.3) is 0 Å². The van der Waals surface area contributed by atoms with Gasteiger partial charge in [0.2, 0.25) is 0 Å². The maximum atomic E-state index is 2.53. The summed E-state index contributed by atoms with van der Waals surface area (Å²) in [5.74, 6) is 0. The number of rotatable bonds is 2. The van der Waals surface area contributed by atoms with Crippen molar-refractivity contribution in [1.29, 1.82) is 0 Å². The van der Waals surface area contributed by atoms with E-state index in [0.717, 1.165) is 6.54 Å². The Morgan fingerprint density at radius 3 is 2.26 bits per heavy atom. The lowest BCUT2D eigenvalue weighted by atomic mass is 9.87. The van der Waals surface area contributed by atoms with E-state index in [1.54, 1.807) is 0 Å². The van der Waals surface area contributed by atoms with Crippen LogP contribution in [0, 0.1) is 0 Å². The number of hydrogen-bond acceptors (Lipinski definition) is 2. The number of anilines is 1. The van der Waals surface area contributed by atoms with Gasteiger partial charge in [0, 0.05) is 24.8 Å². The van der Waals surface area contributed by atoms with Crippen molar-refractivity contribution in [3.63, 3.8) is 0 Å². The molecule has 2 heteroatoms. The second kappa shape index (κ2) is 5.54. The molecule has 0 N–H and O–H groups in total. The molecular formula is C17H28N2. The minimum Gasteiger partial charge on any atom is -0.370 e. The molecule has 0 bridgehead atoms. The van der Waals surface area contributed by atoms with Gasteiger partial charge in [0.05, 0.1) is 0 Å². The van der Waals surface area contributed by atoms with E-state index in [9.17, 15) is 0 Å². The van der Waals surface area contributed by atoms with Gasteiger partial charge in [-0.05, 0) is 50.0 Å². The molecule has 0 aliphatic carbocycles. The third-order valence-electron chi connectivity index (χ3n) is 4.23. The molecule has 1 aromatic carbocycles. The van der Waals surface area contributed by atoms with Crippen molar-refractivity contribution >= 4 is 5.69 Å². The molecule has 0 saturated carbocycles. The Hall–Kier alpha value is -1.02. The summed E-state index contributed by atoms with van der Waals surface area (Å²) in [6.45, 7) is 9.15. The van der Waals surface area contributed by atoms with Crippen LogP contribution in [0.5, 0.6) is 0 Å². The lowest BCUT2D eigenvalue weighted by Crippen LogP contribution is -2.45. The van der Waals surface area contributed by atoms with Crippen LogP contribution < -0.4 is 4.90 Å². The topological polar surface area (TPSA) is 6.48 Å². The first-order valence-corrected chi connectivity index (χ1v) is 7.40. The van der Waals surface area contributed by atoms with E-state index in [0.29, 0.717) is 6.04 Å². The fourth-order valence-corrected chi connectivity index (χ4v) is 2.78. The summed E-state index contributed by atoms with van der Waals surface area (Å²) in [4.78, 5) is 4.89. The highest BCUT2D eigenvalue weighted by Crippen LogP contribution is 2.26. The predicted molar refractivity (Wildman–Crippen MR) is 84.1 cm³/mol. The lowest BCUT2D eigenvalue weighted by molar-refractivity contribution is 0.258. The van der Waals surface area contributed by atoms with Gasteiger partial charge in [-0.1, -0.05) is 32.9 Å². The van der Waals surface area contributed by atoms with Gasteiger partial charge < -0.3 is 9.80 Å². The molecule has 1 aliphatic rings. The van der Waals surface area contributed by atoms with Crippen LogP contribution in [0.1, 0.15) is 39.2 Å². The Labute approximate surface area is 118 Å². The van der Waals surface area contributed by atoms with Gasteiger partial charge in [-0.25, -0.2) is 0 Å². The van der Waals surface area contributed by atoms with Gasteiger partial charge in [-0.15, -0.1) is 0 Å². The van der Waals surface area contributed by atoms with E-state index in [1.807, 2.05) is 0 Å². The quantitative estimate of drug-likeness (QED) is 0.803. The van der Waals surface area contributed by atoms with E-state index in [1.165, 1.54) is 30.6 Å². The Morgan fingerprint density at radius 2 is 1.74 bits per heavy atom. The number of piperidine rings is 1. The van der Waals surface area contributed by atoms with Crippen LogP contribution >= 0.6 is 0 Å². The van der Waals surface area contributed by atoms with E-state index in [2.05, 4.69) is 68.9 Å². The summed E-state index contributed by atoms with van der Waals surface area (Å²) in [5, 5.41) is 0. The van der Waals surface area contributed by atoms with Gasteiger partial charge in [-0.3, -0.25) is 0 Å². The van der Waals surface area contributed by atoms with Crippen molar-refractivity contribution in [3.8, 4) is 0 Å². The molecule has 0 spiro atoms. The average molecular weight is 260 g/mol. The second-order valence-electron chi connectivity index (χ2n) is 7.00. The van der Waals surface area contributed by atoms with E-state index in [-0.39, 0.29) is 5.41 Å². The molecule has 1 fully saturated rings. The first kappa shape index (κ1) is 14.4. The molecule has 0 amide bonds. The van der Waals surface area contributed by atoms with Crippen LogP contribution in [0.4, 0.5) is 5.69 Å². The Kier molecular flexibility index (Phi) is 4.19. The van der Waals surface area contributed by atoms with Crippen LogP contribution in [0.2, 0.25) is 0 Å². The van der Waals surface area contributed by atoms with Crippen molar-refractivity contribution in [2.75, 3.05) is 32.1 Å². The molecule has 106 valence electrons. The van der Waals surface area contributed by atoms with Crippen molar-refractivity contribution < 1.29 is 0 Å².